The van der Waals surface area contributed by atoms with Crippen molar-refractivity contribution in [2.24, 2.45) is 0 Å². The maximum atomic E-state index is 13.0. The number of carbonyl (C=O) groups excluding carboxylic acids is 1. The van der Waals surface area contributed by atoms with E-state index in [0.717, 1.165) is 0 Å². The molecular formula is C9H8F3NO. The van der Waals surface area contributed by atoms with Gasteiger partial charge in [-0.2, -0.15) is 0 Å². The van der Waals surface area contributed by atoms with Gasteiger partial charge >= 0.3 is 0 Å². The minimum atomic E-state index is -1.56. The van der Waals surface area contributed by atoms with Crippen LogP contribution in [-0.4, -0.2) is 13.0 Å². The molecule has 14 heavy (non-hydrogen) atoms. The van der Waals surface area contributed by atoms with Crippen LogP contribution >= 0.6 is 0 Å². The van der Waals surface area contributed by atoms with Crippen LogP contribution in [0.25, 0.3) is 0 Å². The smallest absolute Gasteiger partial charge is 0.251 e. The van der Waals surface area contributed by atoms with Gasteiger partial charge in [0.25, 0.3) is 5.91 Å². The van der Waals surface area contributed by atoms with Gasteiger partial charge in [-0.1, -0.05) is 0 Å². The minimum Gasteiger partial charge on any atom is -0.355 e. The van der Waals surface area contributed by atoms with Gasteiger partial charge in [0.1, 0.15) is 0 Å². The van der Waals surface area contributed by atoms with Gasteiger partial charge < -0.3 is 5.32 Å². The summed E-state index contributed by atoms with van der Waals surface area (Å²) in [6, 6.07) is 0.673. The van der Waals surface area contributed by atoms with Crippen LogP contribution < -0.4 is 5.32 Å². The molecule has 0 aromatic heterocycles. The summed E-state index contributed by atoms with van der Waals surface area (Å²) in [6.07, 6.45) is 0. The number of nitrogens with one attached hydrogen (secondary N) is 1. The second kappa shape index (κ2) is 3.69. The fourth-order valence-corrected chi connectivity index (χ4v) is 1.06. The molecule has 0 radical (unpaired) electrons. The Bertz CT molecular complexity index is 390. The van der Waals surface area contributed by atoms with Crippen molar-refractivity contribution in [3.05, 3.63) is 34.6 Å². The van der Waals surface area contributed by atoms with Gasteiger partial charge in [-0.3, -0.25) is 4.79 Å². The number of halogens is 3. The van der Waals surface area contributed by atoms with Gasteiger partial charge in [-0.25, -0.2) is 13.2 Å². The topological polar surface area (TPSA) is 29.1 Å². The Labute approximate surface area is 78.7 Å². The van der Waals surface area contributed by atoms with E-state index in [4.69, 9.17) is 0 Å². The second-order valence-electron chi connectivity index (χ2n) is 2.74. The maximum Gasteiger partial charge on any atom is 0.251 e. The molecule has 1 aromatic rings. The molecule has 0 aliphatic carbocycles. The van der Waals surface area contributed by atoms with Crippen LogP contribution in [0.3, 0.4) is 0 Å². The number of hydrogen-bond acceptors (Lipinski definition) is 1. The molecule has 1 N–H and O–H groups in total. The largest absolute Gasteiger partial charge is 0.355 e. The van der Waals surface area contributed by atoms with Gasteiger partial charge in [0.05, 0.1) is 0 Å². The zero-order chi connectivity index (χ0) is 10.9. The van der Waals surface area contributed by atoms with Crippen molar-refractivity contribution < 1.29 is 18.0 Å². The number of benzene rings is 1. The van der Waals surface area contributed by atoms with E-state index in [1.807, 2.05) is 0 Å². The Balaban J connectivity index is 3.40. The first kappa shape index (κ1) is 10.6. The van der Waals surface area contributed by atoms with E-state index in [2.05, 4.69) is 5.32 Å². The first-order valence-electron chi connectivity index (χ1n) is 3.85. The fraction of sp³-hybridized carbons (Fsp3) is 0.222. The van der Waals surface area contributed by atoms with Gasteiger partial charge in [0.15, 0.2) is 17.5 Å². The Morgan fingerprint density at radius 2 is 1.86 bits per heavy atom. The van der Waals surface area contributed by atoms with Crippen LogP contribution in [0.1, 0.15) is 15.9 Å². The van der Waals surface area contributed by atoms with Crippen LogP contribution in [0.15, 0.2) is 6.07 Å². The third-order valence-corrected chi connectivity index (χ3v) is 1.88. The predicted octanol–water partition coefficient (Wildman–Crippen LogP) is 1.77. The lowest BCUT2D eigenvalue weighted by Gasteiger charge is -2.06. The minimum absolute atomic E-state index is 0.205. The molecule has 1 aromatic carbocycles. The standard InChI is InChI=1S/C9H8F3NO/c1-4-5(9(14)13-2)3-6(10)8(12)7(4)11/h3H,1-2H3,(H,13,14). The Morgan fingerprint density at radius 3 is 2.36 bits per heavy atom. The average Bonchev–Trinajstić information content (AvgIpc) is 2.19. The Kier molecular flexibility index (Phi) is 2.78. The number of hydrogen-bond donors (Lipinski definition) is 1. The monoisotopic (exact) mass is 203 g/mol. The first-order chi connectivity index (χ1) is 6.49. The highest BCUT2D eigenvalue weighted by Gasteiger charge is 2.18. The first-order valence-corrected chi connectivity index (χ1v) is 3.85. The molecule has 0 aliphatic rings. The molecule has 5 heteroatoms. The van der Waals surface area contributed by atoms with E-state index in [9.17, 15) is 18.0 Å². The van der Waals surface area contributed by atoms with E-state index in [1.165, 1.54) is 14.0 Å². The van der Waals surface area contributed by atoms with Crippen molar-refractivity contribution in [1.29, 1.82) is 0 Å². The molecule has 0 heterocycles. The molecule has 0 spiro atoms. The van der Waals surface area contributed by atoms with Crippen LogP contribution in [-0.2, 0) is 0 Å². The average molecular weight is 203 g/mol. The molecule has 76 valence electrons. The third kappa shape index (κ3) is 1.57. The molecule has 2 nitrogen and oxygen atoms in total. The Hall–Kier alpha value is -1.52. The lowest BCUT2D eigenvalue weighted by molar-refractivity contribution is 0.0961. The highest BCUT2D eigenvalue weighted by molar-refractivity contribution is 5.95. The van der Waals surface area contributed by atoms with Crippen molar-refractivity contribution in [3.8, 4) is 0 Å². The van der Waals surface area contributed by atoms with Gasteiger partial charge in [0, 0.05) is 18.2 Å². The van der Waals surface area contributed by atoms with Crippen molar-refractivity contribution >= 4 is 5.91 Å². The van der Waals surface area contributed by atoms with E-state index in [-0.39, 0.29) is 11.1 Å². The van der Waals surface area contributed by atoms with Gasteiger partial charge in [-0.15, -0.1) is 0 Å². The molecule has 0 unspecified atom stereocenters. The summed E-state index contributed by atoms with van der Waals surface area (Å²) >= 11 is 0. The highest BCUT2D eigenvalue weighted by Crippen LogP contribution is 2.18. The summed E-state index contributed by atoms with van der Waals surface area (Å²) in [4.78, 5) is 11.1. The highest BCUT2D eigenvalue weighted by atomic mass is 19.2. The molecule has 0 aliphatic heterocycles. The number of carbonyl (C=O) groups is 1. The van der Waals surface area contributed by atoms with E-state index >= 15 is 0 Å². The molecule has 1 rings (SSSR count). The lowest BCUT2D eigenvalue weighted by atomic mass is 10.1. The molecule has 0 saturated carbocycles. The van der Waals surface area contributed by atoms with Crippen molar-refractivity contribution in [2.75, 3.05) is 7.05 Å². The van der Waals surface area contributed by atoms with Crippen LogP contribution in [0.5, 0.6) is 0 Å². The molecule has 0 atom stereocenters. The summed E-state index contributed by atoms with van der Waals surface area (Å²) in [5.41, 5.74) is -0.410. The van der Waals surface area contributed by atoms with Gasteiger partial charge in [-0.05, 0) is 13.0 Å². The summed E-state index contributed by atoms with van der Waals surface area (Å²) in [5, 5.41) is 2.20. The van der Waals surface area contributed by atoms with Gasteiger partial charge in [0.2, 0.25) is 0 Å². The van der Waals surface area contributed by atoms with Crippen LogP contribution in [0.2, 0.25) is 0 Å². The maximum absolute atomic E-state index is 13.0. The summed E-state index contributed by atoms with van der Waals surface area (Å²) in [7, 11) is 1.32. The Morgan fingerprint density at radius 1 is 1.29 bits per heavy atom. The van der Waals surface area contributed by atoms with Crippen molar-refractivity contribution in [1.82, 2.24) is 5.32 Å². The van der Waals surface area contributed by atoms with Crippen LogP contribution in [0.4, 0.5) is 13.2 Å². The third-order valence-electron chi connectivity index (χ3n) is 1.88. The van der Waals surface area contributed by atoms with E-state index in [0.29, 0.717) is 6.07 Å². The van der Waals surface area contributed by atoms with Crippen molar-refractivity contribution in [2.45, 2.75) is 6.92 Å². The van der Waals surface area contributed by atoms with E-state index < -0.39 is 23.4 Å². The molecule has 0 fully saturated rings. The fourth-order valence-electron chi connectivity index (χ4n) is 1.06. The molecule has 1 amide bonds. The summed E-state index contributed by atoms with van der Waals surface area (Å²) in [6.45, 7) is 1.21. The van der Waals surface area contributed by atoms with E-state index in [1.54, 1.807) is 0 Å². The summed E-state index contributed by atoms with van der Waals surface area (Å²) < 4.78 is 38.3. The zero-order valence-electron chi connectivity index (χ0n) is 7.62. The van der Waals surface area contributed by atoms with Crippen molar-refractivity contribution in [3.63, 3.8) is 0 Å². The normalized spacial score (nSPS) is 10.1. The molecular weight excluding hydrogens is 195 g/mol. The number of amides is 1. The molecule has 0 saturated heterocycles. The SMILES string of the molecule is CNC(=O)c1cc(F)c(F)c(F)c1C. The van der Waals surface area contributed by atoms with Crippen LogP contribution in [0, 0.1) is 24.4 Å². The summed E-state index contributed by atoms with van der Waals surface area (Å²) in [5.74, 6) is -4.91. The predicted molar refractivity (Wildman–Crippen MR) is 44.4 cm³/mol. The number of rotatable bonds is 1. The quantitative estimate of drug-likeness (QED) is 0.692. The zero-order valence-corrected chi connectivity index (χ0v) is 7.62. The lowest BCUT2D eigenvalue weighted by Crippen LogP contribution is -2.20. The second-order valence-corrected chi connectivity index (χ2v) is 2.74. The molecule has 0 bridgehead atoms.